The number of carbonyl (C=O) groups excluding carboxylic acids is 1. The number of nitrogens with zero attached hydrogens (tertiary/aromatic N) is 2. The fourth-order valence-corrected chi connectivity index (χ4v) is 3.55. The molecule has 2 aromatic rings. The number of fused-ring (bicyclic) bond motifs is 1. The van der Waals surface area contributed by atoms with Crippen LogP contribution in [-0.4, -0.2) is 34.9 Å². The normalized spacial score (nSPS) is 21.6. The first-order valence-corrected chi connectivity index (χ1v) is 8.50. The molecule has 0 radical (unpaired) electrons. The van der Waals surface area contributed by atoms with E-state index in [0.29, 0.717) is 12.0 Å². The molecule has 4 heteroatoms. The molecule has 122 valence electrons. The van der Waals surface area contributed by atoms with Crippen molar-refractivity contribution in [1.29, 1.82) is 0 Å². The number of rotatable bonds is 4. The van der Waals surface area contributed by atoms with Gasteiger partial charge in [0.25, 0.3) is 0 Å². The van der Waals surface area contributed by atoms with Crippen molar-refractivity contribution in [3.63, 3.8) is 0 Å². The zero-order chi connectivity index (χ0) is 16.2. The maximum absolute atomic E-state index is 11.6. The Kier molecular flexibility index (Phi) is 4.91. The van der Waals surface area contributed by atoms with Crippen LogP contribution in [0.5, 0.6) is 0 Å². The minimum atomic E-state index is 0.195. The zero-order valence-electron chi connectivity index (χ0n) is 14.0. The van der Waals surface area contributed by atoms with Gasteiger partial charge in [-0.1, -0.05) is 37.6 Å². The monoisotopic (exact) mass is 311 g/mol. The lowest BCUT2D eigenvalue weighted by Crippen LogP contribution is -2.50. The number of hydrogen-bond donors (Lipinski definition) is 1. The molecule has 23 heavy (non-hydrogen) atoms. The second-order valence-corrected chi connectivity index (χ2v) is 6.40. The Balaban J connectivity index is 1.68. The third kappa shape index (κ3) is 3.53. The lowest BCUT2D eigenvalue weighted by molar-refractivity contribution is -0.131. The number of hydrogen-bond acceptors (Lipinski definition) is 3. The van der Waals surface area contributed by atoms with Crippen LogP contribution in [0.2, 0.25) is 0 Å². The van der Waals surface area contributed by atoms with Crippen molar-refractivity contribution in [2.24, 2.45) is 5.92 Å². The summed E-state index contributed by atoms with van der Waals surface area (Å²) in [6, 6.07) is 10.9. The Morgan fingerprint density at radius 3 is 2.96 bits per heavy atom. The zero-order valence-corrected chi connectivity index (χ0v) is 14.0. The highest BCUT2D eigenvalue weighted by Gasteiger charge is 2.28. The average Bonchev–Trinajstić information content (AvgIpc) is 2.59. The summed E-state index contributed by atoms with van der Waals surface area (Å²) < 4.78 is 0. The third-order valence-electron chi connectivity index (χ3n) is 4.97. The van der Waals surface area contributed by atoms with Crippen molar-refractivity contribution >= 4 is 16.8 Å². The fourth-order valence-electron chi connectivity index (χ4n) is 3.55. The highest BCUT2D eigenvalue weighted by Crippen LogP contribution is 2.22. The van der Waals surface area contributed by atoms with Crippen LogP contribution in [0.15, 0.2) is 36.5 Å². The highest BCUT2D eigenvalue weighted by molar-refractivity contribution is 5.81. The van der Waals surface area contributed by atoms with Crippen LogP contribution in [0.25, 0.3) is 10.9 Å². The number of piperidine rings is 1. The minimum absolute atomic E-state index is 0.195. The average molecular weight is 311 g/mol. The smallest absolute Gasteiger partial charge is 0.219 e. The molecule has 1 amide bonds. The molecule has 2 atom stereocenters. The number of likely N-dealkylation sites (tertiary alicyclic amines) is 1. The highest BCUT2D eigenvalue weighted by atomic mass is 16.2. The number of nitrogens with one attached hydrogen (secondary N) is 1. The van der Waals surface area contributed by atoms with Gasteiger partial charge in [0.15, 0.2) is 0 Å². The SMILES string of the molecule is CC[C@@H]1CN(C(C)=O)CC[C@@H]1NCc1cccc2cccnc12. The van der Waals surface area contributed by atoms with Crippen LogP contribution in [0.3, 0.4) is 0 Å². The second-order valence-electron chi connectivity index (χ2n) is 6.40. The first-order chi connectivity index (χ1) is 11.2. The summed E-state index contributed by atoms with van der Waals surface area (Å²) in [5.74, 6) is 0.718. The standard InChI is InChI=1S/C19H25N3O/c1-3-15-13-22(14(2)23)11-9-18(15)21-12-17-7-4-6-16-8-5-10-20-19(16)17/h4-8,10,15,18,21H,3,9,11-13H2,1-2H3/t15-,18+/m1/s1. The maximum Gasteiger partial charge on any atom is 0.219 e. The van der Waals surface area contributed by atoms with Gasteiger partial charge in [-0.25, -0.2) is 0 Å². The van der Waals surface area contributed by atoms with Gasteiger partial charge < -0.3 is 10.2 Å². The molecular weight excluding hydrogens is 286 g/mol. The Bertz CT molecular complexity index is 680. The van der Waals surface area contributed by atoms with Gasteiger partial charge in [-0.2, -0.15) is 0 Å². The summed E-state index contributed by atoms with van der Waals surface area (Å²) >= 11 is 0. The molecule has 0 unspecified atom stereocenters. The van der Waals surface area contributed by atoms with Crippen molar-refractivity contribution in [3.05, 3.63) is 42.1 Å². The lowest BCUT2D eigenvalue weighted by Gasteiger charge is -2.38. The molecule has 0 spiro atoms. The minimum Gasteiger partial charge on any atom is -0.343 e. The molecule has 1 N–H and O–H groups in total. The number of pyridine rings is 1. The van der Waals surface area contributed by atoms with E-state index in [1.54, 1.807) is 6.92 Å². The second kappa shape index (κ2) is 7.09. The first kappa shape index (κ1) is 15.9. The van der Waals surface area contributed by atoms with Crippen molar-refractivity contribution < 1.29 is 4.79 Å². The van der Waals surface area contributed by atoms with Crippen LogP contribution < -0.4 is 5.32 Å². The van der Waals surface area contributed by atoms with E-state index < -0.39 is 0 Å². The van der Waals surface area contributed by atoms with Gasteiger partial charge in [0.05, 0.1) is 5.52 Å². The Labute approximate surface area is 137 Å². The van der Waals surface area contributed by atoms with Gasteiger partial charge in [0, 0.05) is 44.2 Å². The summed E-state index contributed by atoms with van der Waals surface area (Å²) in [5.41, 5.74) is 2.32. The third-order valence-corrected chi connectivity index (χ3v) is 4.97. The van der Waals surface area contributed by atoms with E-state index in [9.17, 15) is 4.79 Å². The molecule has 1 aliphatic rings. The molecule has 1 fully saturated rings. The summed E-state index contributed by atoms with van der Waals surface area (Å²) in [6.45, 7) is 6.44. The van der Waals surface area contributed by atoms with Gasteiger partial charge >= 0.3 is 0 Å². The largest absolute Gasteiger partial charge is 0.343 e. The number of para-hydroxylation sites is 1. The summed E-state index contributed by atoms with van der Waals surface area (Å²) in [6.07, 6.45) is 3.97. The summed E-state index contributed by atoms with van der Waals surface area (Å²) in [4.78, 5) is 18.1. The number of aromatic nitrogens is 1. The van der Waals surface area contributed by atoms with Crippen molar-refractivity contribution in [2.75, 3.05) is 13.1 Å². The van der Waals surface area contributed by atoms with Crippen molar-refractivity contribution in [2.45, 2.75) is 39.3 Å². The van der Waals surface area contributed by atoms with Gasteiger partial charge in [-0.3, -0.25) is 9.78 Å². The summed E-state index contributed by atoms with van der Waals surface area (Å²) in [7, 11) is 0. The van der Waals surface area contributed by atoms with Crippen LogP contribution >= 0.6 is 0 Å². The van der Waals surface area contributed by atoms with Gasteiger partial charge in [-0.15, -0.1) is 0 Å². The molecule has 4 nitrogen and oxygen atoms in total. The van der Waals surface area contributed by atoms with Crippen LogP contribution in [-0.2, 0) is 11.3 Å². The predicted molar refractivity (Wildman–Crippen MR) is 93.0 cm³/mol. The van der Waals surface area contributed by atoms with E-state index in [4.69, 9.17) is 0 Å². The molecule has 2 heterocycles. The van der Waals surface area contributed by atoms with Crippen LogP contribution in [0.4, 0.5) is 0 Å². The maximum atomic E-state index is 11.6. The topological polar surface area (TPSA) is 45.2 Å². The number of benzene rings is 1. The Hall–Kier alpha value is -1.94. The van der Waals surface area contributed by atoms with Crippen molar-refractivity contribution in [3.8, 4) is 0 Å². The van der Waals surface area contributed by atoms with E-state index >= 15 is 0 Å². The molecular formula is C19H25N3O. The first-order valence-electron chi connectivity index (χ1n) is 8.50. The van der Waals surface area contributed by atoms with Crippen LogP contribution in [0, 0.1) is 5.92 Å². The van der Waals surface area contributed by atoms with E-state index in [1.165, 1.54) is 10.9 Å². The fraction of sp³-hybridized carbons (Fsp3) is 0.474. The van der Waals surface area contributed by atoms with Crippen LogP contribution in [0.1, 0.15) is 32.3 Å². The molecule has 0 saturated carbocycles. The predicted octanol–water partition coefficient (Wildman–Crippen LogP) is 2.97. The molecule has 1 aromatic heterocycles. The van der Waals surface area contributed by atoms with Crippen molar-refractivity contribution in [1.82, 2.24) is 15.2 Å². The summed E-state index contributed by atoms with van der Waals surface area (Å²) in [5, 5.41) is 4.90. The molecule has 3 rings (SSSR count). The van der Waals surface area contributed by atoms with E-state index in [0.717, 1.165) is 38.0 Å². The van der Waals surface area contributed by atoms with Gasteiger partial charge in [0.2, 0.25) is 5.91 Å². The van der Waals surface area contributed by atoms with E-state index in [2.05, 4.69) is 41.5 Å². The van der Waals surface area contributed by atoms with E-state index in [1.807, 2.05) is 17.2 Å². The lowest BCUT2D eigenvalue weighted by atomic mass is 9.89. The molecule has 1 aromatic carbocycles. The Morgan fingerprint density at radius 2 is 2.17 bits per heavy atom. The number of carbonyl (C=O) groups is 1. The molecule has 1 aliphatic heterocycles. The van der Waals surface area contributed by atoms with Gasteiger partial charge in [0.1, 0.15) is 0 Å². The number of amides is 1. The Morgan fingerprint density at radius 1 is 1.35 bits per heavy atom. The van der Waals surface area contributed by atoms with Gasteiger partial charge in [-0.05, 0) is 24.0 Å². The molecule has 1 saturated heterocycles. The quantitative estimate of drug-likeness (QED) is 0.944. The molecule has 0 aliphatic carbocycles. The molecule has 0 bridgehead atoms. The van der Waals surface area contributed by atoms with E-state index in [-0.39, 0.29) is 5.91 Å².